The number of unbranched alkanes of at least 4 members (excludes halogenated alkanes) is 1. The molecular formula is C65H88N12O13S2. The minimum absolute atomic E-state index is 0.0471. The number of carbonyl (C=O) groups is 10. The lowest BCUT2D eigenvalue weighted by Gasteiger charge is -2.29. The molecule has 0 saturated heterocycles. The van der Waals surface area contributed by atoms with Crippen molar-refractivity contribution in [2.24, 2.45) is 5.73 Å². The normalized spacial score (nSPS) is 15.2. The quantitative estimate of drug-likeness (QED) is 0.0129. The monoisotopic (exact) mass is 1310 g/mol. The maximum atomic E-state index is 15.0. The topological polar surface area (TPSA) is 393 Å². The van der Waals surface area contributed by atoms with Crippen LogP contribution in [0.3, 0.4) is 0 Å². The number of nitrogens with one attached hydrogen (secondary N) is 11. The molecule has 16 N–H and O–H groups in total. The molecule has 0 aliphatic heterocycles. The Balaban J connectivity index is 1.43. The van der Waals surface area contributed by atoms with Crippen molar-refractivity contribution in [2.75, 3.05) is 38.2 Å². The molecular weight excluding hydrogens is 1220 g/mol. The number of aliphatic hydroxyl groups excluding tert-OH is 3. The van der Waals surface area contributed by atoms with Crippen molar-refractivity contribution < 1.29 is 63.3 Å². The Morgan fingerprint density at radius 1 is 0.478 bits per heavy atom. The number of fused-ring (bicyclic) bond motifs is 1. The van der Waals surface area contributed by atoms with E-state index >= 15 is 4.79 Å². The molecule has 0 spiro atoms. The molecule has 498 valence electrons. The molecule has 25 nitrogen and oxygen atoms in total. The van der Waals surface area contributed by atoms with E-state index in [9.17, 15) is 58.5 Å². The van der Waals surface area contributed by atoms with Crippen molar-refractivity contribution in [3.05, 3.63) is 144 Å². The van der Waals surface area contributed by atoms with Gasteiger partial charge in [-0.05, 0) is 88.0 Å². The summed E-state index contributed by atoms with van der Waals surface area (Å²) in [5.41, 5.74) is 9.05. The molecule has 0 fully saturated rings. The number of Topliss-reactive ketones (excluding diaryl/α,β-unsaturated/α-hetero) is 2. The summed E-state index contributed by atoms with van der Waals surface area (Å²) < 4.78 is 0. The van der Waals surface area contributed by atoms with Gasteiger partial charge >= 0.3 is 0 Å². The third-order valence-electron chi connectivity index (χ3n) is 15.2. The number of aliphatic hydroxyl groups is 3. The van der Waals surface area contributed by atoms with Crippen molar-refractivity contribution in [1.82, 2.24) is 58.2 Å². The first-order valence-electron chi connectivity index (χ1n) is 30.6. The third kappa shape index (κ3) is 23.0. The lowest BCUT2D eigenvalue weighted by Crippen LogP contribution is -2.63. The Morgan fingerprint density at radius 2 is 0.859 bits per heavy atom. The largest absolute Gasteiger partial charge is 0.394 e. The number of aromatic nitrogens is 1. The molecule has 0 saturated carbocycles. The van der Waals surface area contributed by atoms with E-state index in [1.54, 1.807) is 110 Å². The molecule has 12 atom stereocenters. The number of thiol groups is 2. The van der Waals surface area contributed by atoms with Gasteiger partial charge in [-0.25, -0.2) is 0 Å². The lowest BCUT2D eigenvalue weighted by atomic mass is 10.00. The number of hydrogen-bond donors (Lipinski definition) is 17. The summed E-state index contributed by atoms with van der Waals surface area (Å²) >= 11 is 8.44. The number of rotatable bonds is 40. The van der Waals surface area contributed by atoms with Crippen molar-refractivity contribution in [1.29, 1.82) is 0 Å². The number of ketones is 2. The number of aromatic amines is 1. The molecule has 0 bridgehead atoms. The van der Waals surface area contributed by atoms with Crippen LogP contribution in [0.25, 0.3) is 10.9 Å². The summed E-state index contributed by atoms with van der Waals surface area (Å²) in [5.74, 6) is -9.23. The zero-order chi connectivity index (χ0) is 67.3. The molecule has 27 heteroatoms. The van der Waals surface area contributed by atoms with Gasteiger partial charge in [0.1, 0.15) is 48.3 Å². The first-order valence-corrected chi connectivity index (χ1v) is 31.9. The van der Waals surface area contributed by atoms with E-state index in [-0.39, 0.29) is 56.6 Å². The van der Waals surface area contributed by atoms with Crippen LogP contribution < -0.4 is 58.9 Å². The predicted octanol–water partition coefficient (Wildman–Crippen LogP) is -0.846. The molecule has 0 radical (unpaired) electrons. The Kier molecular flexibility index (Phi) is 31.5. The van der Waals surface area contributed by atoms with Gasteiger partial charge < -0.3 is 79.2 Å². The van der Waals surface area contributed by atoms with Crippen LogP contribution in [0.2, 0.25) is 0 Å². The summed E-state index contributed by atoms with van der Waals surface area (Å²) in [5, 5.41) is 59.6. The van der Waals surface area contributed by atoms with Crippen molar-refractivity contribution >= 4 is 95.0 Å². The maximum Gasteiger partial charge on any atom is 0.245 e. The molecule has 5 aromatic rings. The Labute approximate surface area is 546 Å². The summed E-state index contributed by atoms with van der Waals surface area (Å²) in [6, 6.07) is 19.1. The maximum absolute atomic E-state index is 15.0. The van der Waals surface area contributed by atoms with Crippen molar-refractivity contribution in [2.45, 2.75) is 145 Å². The molecule has 0 aliphatic rings. The number of nitrogens with two attached hydrogens (primary N) is 1. The zero-order valence-electron chi connectivity index (χ0n) is 52.1. The highest BCUT2D eigenvalue weighted by atomic mass is 32.1. The van der Waals surface area contributed by atoms with Crippen LogP contribution in [-0.4, -0.2) is 190 Å². The third-order valence-corrected chi connectivity index (χ3v) is 16.0. The van der Waals surface area contributed by atoms with Crippen molar-refractivity contribution in [3.63, 3.8) is 0 Å². The fourth-order valence-electron chi connectivity index (χ4n) is 10.0. The van der Waals surface area contributed by atoms with E-state index in [1.165, 1.54) is 6.92 Å². The van der Waals surface area contributed by atoms with E-state index in [2.05, 4.69) is 83.4 Å². The standard InChI is InChI=1S/C65H88N12O13S2/c1-5-29-68-52(36-91)57(82)56(81)51(35-78)75-65(90)55(39(3)80)77-62(87)49(32-42-23-13-8-14-24-42)74-64(89)54(38(2)79)76-58(83)46(27-17-18-28-66)70-61(86)50(33-43-34-69-45-26-16-15-25-44(43)45)73-60(85)47(30-40-19-9-6-10-20-40)71-59(84)48(31-41-21-11-7-12-22-41)72-63(88)53(37-92)67-4/h6-16,19-26,34,38-39,46-55,67-69,78-80,91-92H,5,17-18,27-33,35-37,66H2,1-4H3,(H,70,86)(H,71,84)(H,72,88)(H,73,85)(H,74,89)(H,75,90)(H,76,83)(H,77,87)/t38-,39-,46+,47+,48?,49+,50?,51+,52+,53+,54+,55+/m1/s1. The van der Waals surface area contributed by atoms with Gasteiger partial charge in [0, 0.05) is 54.3 Å². The highest BCUT2D eigenvalue weighted by molar-refractivity contribution is 7.80. The van der Waals surface area contributed by atoms with Crippen LogP contribution in [0, 0.1) is 0 Å². The van der Waals surface area contributed by atoms with E-state index in [1.807, 2.05) is 25.1 Å². The van der Waals surface area contributed by atoms with E-state index in [0.29, 0.717) is 41.6 Å². The van der Waals surface area contributed by atoms with E-state index in [4.69, 9.17) is 5.73 Å². The number of amides is 8. The number of H-pyrrole nitrogens is 1. The average Bonchev–Trinajstić information content (AvgIpc) is 1.68. The van der Waals surface area contributed by atoms with Gasteiger partial charge in [0.15, 0.2) is 0 Å². The van der Waals surface area contributed by atoms with Crippen LogP contribution in [0.4, 0.5) is 0 Å². The van der Waals surface area contributed by atoms with Gasteiger partial charge in [-0.1, -0.05) is 116 Å². The Bertz CT molecular complexity index is 3210. The van der Waals surface area contributed by atoms with Crippen LogP contribution >= 0.6 is 25.3 Å². The van der Waals surface area contributed by atoms with Gasteiger partial charge in [-0.2, -0.15) is 25.3 Å². The number of para-hydroxylation sites is 1. The second kappa shape index (κ2) is 38.7. The summed E-state index contributed by atoms with van der Waals surface area (Å²) in [6.07, 6.45) is -0.850. The predicted molar refractivity (Wildman–Crippen MR) is 354 cm³/mol. The molecule has 4 aromatic carbocycles. The minimum atomic E-state index is -1.83. The van der Waals surface area contributed by atoms with Gasteiger partial charge in [0.25, 0.3) is 0 Å². The van der Waals surface area contributed by atoms with Crippen LogP contribution in [0.1, 0.15) is 68.7 Å². The molecule has 2 unspecified atom stereocenters. The Morgan fingerprint density at radius 3 is 1.28 bits per heavy atom. The molecule has 1 heterocycles. The van der Waals surface area contributed by atoms with E-state index in [0.717, 1.165) is 17.8 Å². The number of likely N-dealkylation sites (N-methyl/N-ethyl adjacent to an activating group) is 1. The average molecular weight is 1310 g/mol. The summed E-state index contributed by atoms with van der Waals surface area (Å²) in [7, 11) is 1.58. The minimum Gasteiger partial charge on any atom is -0.394 e. The van der Waals surface area contributed by atoms with Gasteiger partial charge in [-0.3, -0.25) is 47.9 Å². The van der Waals surface area contributed by atoms with Gasteiger partial charge in [0.2, 0.25) is 58.8 Å². The highest BCUT2D eigenvalue weighted by Gasteiger charge is 2.39. The molecule has 0 aliphatic carbocycles. The van der Waals surface area contributed by atoms with Crippen molar-refractivity contribution in [3.8, 4) is 0 Å². The Hall–Kier alpha value is -8.02. The second-order valence-corrected chi connectivity index (χ2v) is 23.1. The lowest BCUT2D eigenvalue weighted by molar-refractivity contribution is -0.141. The van der Waals surface area contributed by atoms with Crippen LogP contribution in [0.5, 0.6) is 0 Å². The summed E-state index contributed by atoms with van der Waals surface area (Å²) in [4.78, 5) is 145. The fraction of sp³-hybridized carbons (Fsp3) is 0.446. The van der Waals surface area contributed by atoms with Gasteiger partial charge in [-0.15, -0.1) is 0 Å². The summed E-state index contributed by atoms with van der Waals surface area (Å²) in [6.45, 7) is 3.75. The first-order chi connectivity index (χ1) is 44.2. The first kappa shape index (κ1) is 74.7. The molecule has 5 rings (SSSR count). The fourth-order valence-corrected chi connectivity index (χ4v) is 10.6. The SMILES string of the molecule is CCCN[C@@H](CS)C(=O)C(=O)[C@H](CO)NC(=O)[C@@H](NC(=O)[C@H](Cc1ccccc1)NC(=O)[C@@H](NC(=O)[C@H](CCCCN)NC(=O)C(Cc1c[nH]c2ccccc12)NC(=O)[C@H](Cc1ccccc1)NC(=O)C(Cc1ccccc1)NC(=O)[C@H](CS)NC)[C@@H](C)O)[C@@H](C)O. The molecule has 1 aromatic heterocycles. The number of benzene rings is 4. The molecule has 8 amide bonds. The van der Waals surface area contributed by atoms with E-state index < -0.39 is 138 Å². The number of carbonyl (C=O) groups excluding carboxylic acids is 10. The van der Waals surface area contributed by atoms with Crippen LogP contribution in [0.15, 0.2) is 121 Å². The highest BCUT2D eigenvalue weighted by Crippen LogP contribution is 2.20. The second-order valence-electron chi connectivity index (χ2n) is 22.4. The van der Waals surface area contributed by atoms with Gasteiger partial charge in [0.05, 0.1) is 30.9 Å². The zero-order valence-corrected chi connectivity index (χ0v) is 53.9. The molecule has 92 heavy (non-hydrogen) atoms. The smallest absolute Gasteiger partial charge is 0.245 e. The number of hydrogen-bond acceptors (Lipinski definition) is 18. The van der Waals surface area contributed by atoms with Crippen LogP contribution in [-0.2, 0) is 73.6 Å².